The topological polar surface area (TPSA) is 83.7 Å². The van der Waals surface area contributed by atoms with Crippen LogP contribution in [0.2, 0.25) is 0 Å². The normalized spacial score (nSPS) is 18.1. The third-order valence-corrected chi connectivity index (χ3v) is 7.71. The van der Waals surface area contributed by atoms with Crippen LogP contribution in [-0.2, 0) is 16.9 Å². The van der Waals surface area contributed by atoms with E-state index in [1.54, 1.807) is 41.8 Å². The number of thiazole rings is 1. The van der Waals surface area contributed by atoms with Crippen molar-refractivity contribution in [1.82, 2.24) is 4.98 Å². The Morgan fingerprint density at radius 3 is 2.47 bits per heavy atom. The van der Waals surface area contributed by atoms with Gasteiger partial charge < -0.3 is 9.32 Å². The van der Waals surface area contributed by atoms with E-state index in [0.717, 1.165) is 23.5 Å². The van der Waals surface area contributed by atoms with Gasteiger partial charge in [0.2, 0.25) is 5.76 Å². The van der Waals surface area contributed by atoms with Crippen LogP contribution < -0.4 is 15.2 Å². The first-order valence-electron chi connectivity index (χ1n) is 11.6. The molecule has 0 saturated heterocycles. The second kappa shape index (κ2) is 7.90. The summed E-state index contributed by atoms with van der Waals surface area (Å²) in [6.07, 6.45) is 1.49. The van der Waals surface area contributed by atoms with Crippen molar-refractivity contribution in [3.63, 3.8) is 0 Å². The summed E-state index contributed by atoms with van der Waals surface area (Å²) in [6.45, 7) is 0.0562. The lowest BCUT2D eigenvalue weighted by Gasteiger charge is -2.32. The fourth-order valence-corrected chi connectivity index (χ4v) is 6.08. The van der Waals surface area contributed by atoms with E-state index in [4.69, 9.17) is 4.42 Å². The summed E-state index contributed by atoms with van der Waals surface area (Å²) < 4.78 is 33.7. The molecule has 0 radical (unpaired) electrons. The lowest BCUT2D eigenvalue weighted by molar-refractivity contribution is -0.121. The minimum Gasteiger partial charge on any atom is -0.450 e. The van der Waals surface area contributed by atoms with E-state index in [1.807, 2.05) is 0 Å². The molecule has 0 fully saturated rings. The summed E-state index contributed by atoms with van der Waals surface area (Å²) >= 11 is 1.13. The highest BCUT2D eigenvalue weighted by Gasteiger charge is 2.66. The van der Waals surface area contributed by atoms with Gasteiger partial charge in [0.1, 0.15) is 17.2 Å². The number of benzene rings is 3. The van der Waals surface area contributed by atoms with Gasteiger partial charge in [-0.1, -0.05) is 30.3 Å². The average molecular weight is 528 g/mol. The van der Waals surface area contributed by atoms with Crippen LogP contribution in [0.1, 0.15) is 27.2 Å². The Kier molecular flexibility index (Phi) is 4.67. The predicted molar refractivity (Wildman–Crippen MR) is 136 cm³/mol. The van der Waals surface area contributed by atoms with Gasteiger partial charge in [-0.25, -0.2) is 13.8 Å². The summed E-state index contributed by atoms with van der Waals surface area (Å²) in [6, 6.07) is 16.0. The molecule has 0 saturated carbocycles. The molecule has 2 aliphatic rings. The van der Waals surface area contributed by atoms with E-state index in [0.29, 0.717) is 16.8 Å². The first kappa shape index (κ1) is 22.5. The highest BCUT2D eigenvalue weighted by atomic mass is 32.1. The third kappa shape index (κ3) is 2.86. The zero-order chi connectivity index (χ0) is 26.2. The Labute approximate surface area is 217 Å². The number of fused-ring (bicyclic) bond motifs is 5. The van der Waals surface area contributed by atoms with Gasteiger partial charge in [-0.15, -0.1) is 11.3 Å². The van der Waals surface area contributed by atoms with E-state index in [1.165, 1.54) is 34.2 Å². The van der Waals surface area contributed by atoms with Crippen molar-refractivity contribution in [2.75, 3.05) is 9.80 Å². The van der Waals surface area contributed by atoms with Crippen molar-refractivity contribution >= 4 is 44.9 Å². The van der Waals surface area contributed by atoms with Crippen LogP contribution >= 0.6 is 11.3 Å². The molecule has 10 heteroatoms. The van der Waals surface area contributed by atoms with Gasteiger partial charge in [0.15, 0.2) is 16.1 Å². The Balaban J connectivity index is 1.55. The molecule has 3 aromatic carbocycles. The summed E-state index contributed by atoms with van der Waals surface area (Å²) in [5.41, 5.74) is -1.26. The van der Waals surface area contributed by atoms with Crippen LogP contribution in [-0.4, -0.2) is 16.8 Å². The van der Waals surface area contributed by atoms with Gasteiger partial charge in [-0.05, 0) is 42.0 Å². The maximum absolute atomic E-state index is 14.6. The lowest BCUT2D eigenvalue weighted by atomic mass is 9.84. The molecule has 0 aliphatic carbocycles. The van der Waals surface area contributed by atoms with Crippen LogP contribution in [0.25, 0.3) is 11.0 Å². The molecule has 2 amide bonds. The lowest BCUT2D eigenvalue weighted by Crippen LogP contribution is -2.53. The number of carbonyl (C=O) groups is 2. The number of hydrogen-bond acceptors (Lipinski definition) is 6. The molecule has 4 heterocycles. The Morgan fingerprint density at radius 2 is 1.71 bits per heavy atom. The summed E-state index contributed by atoms with van der Waals surface area (Å²) in [5.74, 6) is -2.65. The highest BCUT2D eigenvalue weighted by Crippen LogP contribution is 2.54. The van der Waals surface area contributed by atoms with Crippen molar-refractivity contribution < 1.29 is 22.8 Å². The molecule has 1 unspecified atom stereocenters. The van der Waals surface area contributed by atoms with Gasteiger partial charge in [0, 0.05) is 17.1 Å². The molecular weight excluding hydrogens is 512 g/mol. The number of nitrogens with zero attached hydrogens (tertiary/aromatic N) is 3. The van der Waals surface area contributed by atoms with E-state index < -0.39 is 34.4 Å². The number of aromatic nitrogens is 1. The van der Waals surface area contributed by atoms with Gasteiger partial charge in [0.05, 0.1) is 23.2 Å². The number of anilines is 2. The maximum Gasteiger partial charge on any atom is 0.297 e. The van der Waals surface area contributed by atoms with Gasteiger partial charge in [-0.2, -0.15) is 0 Å². The van der Waals surface area contributed by atoms with Crippen molar-refractivity contribution in [1.29, 1.82) is 0 Å². The Morgan fingerprint density at radius 1 is 0.947 bits per heavy atom. The van der Waals surface area contributed by atoms with Crippen LogP contribution in [0.5, 0.6) is 0 Å². The smallest absolute Gasteiger partial charge is 0.297 e. The van der Waals surface area contributed by atoms with Crippen molar-refractivity contribution in [3.8, 4) is 0 Å². The number of carbonyl (C=O) groups excluding carboxylic acids is 2. The quantitative estimate of drug-likeness (QED) is 0.331. The summed E-state index contributed by atoms with van der Waals surface area (Å²) in [5, 5.41) is 1.77. The first-order chi connectivity index (χ1) is 18.4. The number of para-hydroxylation sites is 1. The summed E-state index contributed by atoms with van der Waals surface area (Å²) in [7, 11) is 0. The minimum atomic E-state index is -1.93. The van der Waals surface area contributed by atoms with Crippen LogP contribution in [0.15, 0.2) is 87.5 Å². The molecule has 7 nitrogen and oxygen atoms in total. The van der Waals surface area contributed by atoms with Crippen molar-refractivity contribution in [2.45, 2.75) is 12.1 Å². The molecule has 186 valence electrons. The monoisotopic (exact) mass is 527 g/mol. The number of amides is 2. The van der Waals surface area contributed by atoms with E-state index in [2.05, 4.69) is 4.98 Å². The van der Waals surface area contributed by atoms with Crippen LogP contribution in [0.3, 0.4) is 0 Å². The number of rotatable bonds is 3. The second-order valence-electron chi connectivity index (χ2n) is 8.98. The van der Waals surface area contributed by atoms with Crippen LogP contribution in [0.4, 0.5) is 19.6 Å². The average Bonchev–Trinajstić information content (AvgIpc) is 3.59. The van der Waals surface area contributed by atoms with Crippen molar-refractivity contribution in [3.05, 3.63) is 123 Å². The van der Waals surface area contributed by atoms with E-state index in [9.17, 15) is 23.2 Å². The van der Waals surface area contributed by atoms with Gasteiger partial charge >= 0.3 is 0 Å². The number of hydrogen-bond donors (Lipinski definition) is 0. The van der Waals surface area contributed by atoms with Crippen LogP contribution in [0, 0.1) is 11.6 Å². The fourth-order valence-electron chi connectivity index (χ4n) is 5.39. The molecule has 1 spiro atoms. The molecule has 38 heavy (non-hydrogen) atoms. The standard InChI is InChI=1S/C28H15F2N3O4S/c29-16-7-5-15(6-8-16)14-32-20-4-2-1-3-19(20)28(26(32)36)22-23(34)18-13-17(30)9-10-21(18)37-24(22)25(35)33(28)27-31-11-12-38-27/h1-13H,14H2. The molecule has 0 bridgehead atoms. The van der Waals surface area contributed by atoms with Gasteiger partial charge in [0.25, 0.3) is 11.8 Å². The second-order valence-corrected chi connectivity index (χ2v) is 9.85. The Bertz CT molecular complexity index is 1850. The zero-order valence-electron chi connectivity index (χ0n) is 19.4. The molecule has 1 atom stereocenters. The molecule has 5 aromatic rings. The van der Waals surface area contributed by atoms with Gasteiger partial charge in [-0.3, -0.25) is 19.3 Å². The molecule has 0 N–H and O–H groups in total. The fraction of sp³-hybridized carbons (Fsp3) is 0.0714. The largest absolute Gasteiger partial charge is 0.450 e. The highest BCUT2D eigenvalue weighted by molar-refractivity contribution is 7.13. The molecule has 2 aliphatic heterocycles. The molecule has 2 aromatic heterocycles. The first-order valence-corrected chi connectivity index (χ1v) is 12.5. The Hall–Kier alpha value is -4.70. The molecule has 7 rings (SSSR count). The SMILES string of the molecule is O=C1c2oc3ccc(F)cc3c(=O)c2C2(C(=O)N(Cc3ccc(F)cc3)c3ccccc32)N1c1nccs1. The van der Waals surface area contributed by atoms with E-state index >= 15 is 0 Å². The predicted octanol–water partition coefficient (Wildman–Crippen LogP) is 4.98. The maximum atomic E-state index is 14.6. The zero-order valence-corrected chi connectivity index (χ0v) is 20.2. The number of halogens is 2. The molecular formula is C28H15F2N3O4S. The third-order valence-electron chi connectivity index (χ3n) is 6.95. The summed E-state index contributed by atoms with van der Waals surface area (Å²) in [4.78, 5) is 49.5. The van der Waals surface area contributed by atoms with E-state index in [-0.39, 0.29) is 34.0 Å². The van der Waals surface area contributed by atoms with Crippen molar-refractivity contribution in [2.24, 2.45) is 0 Å². The minimum absolute atomic E-state index is 0.0292.